The van der Waals surface area contributed by atoms with E-state index in [9.17, 15) is 18.0 Å². The Labute approximate surface area is 132 Å². The summed E-state index contributed by atoms with van der Waals surface area (Å²) in [4.78, 5) is 18.3. The lowest BCUT2D eigenvalue weighted by Gasteiger charge is -2.11. The number of hydrogen-bond donors (Lipinski definition) is 0. The van der Waals surface area contributed by atoms with E-state index >= 15 is 0 Å². The quantitative estimate of drug-likeness (QED) is 0.643. The number of rotatable bonds is 6. The number of aldehydes is 1. The Hall–Kier alpha value is -3.17. The Morgan fingerprint density at radius 3 is 2.92 bits per heavy atom. The molecule has 7 nitrogen and oxygen atoms in total. The molecule has 0 saturated carbocycles. The first kappa shape index (κ1) is 15.7. The fraction of sp³-hybridized carbons (Fsp3) is 0.143. The van der Waals surface area contributed by atoms with Gasteiger partial charge < -0.3 is 9.47 Å². The van der Waals surface area contributed by atoms with Crippen LogP contribution in [0.5, 0.6) is 17.4 Å². The number of carbonyl (C=O) groups is 1. The van der Waals surface area contributed by atoms with E-state index in [0.717, 1.165) is 12.3 Å². The fourth-order valence-electron chi connectivity index (χ4n) is 1.84. The third-order valence-corrected chi connectivity index (χ3v) is 2.79. The van der Waals surface area contributed by atoms with E-state index in [1.54, 1.807) is 0 Å². The van der Waals surface area contributed by atoms with E-state index in [-0.39, 0.29) is 23.2 Å². The Balaban J connectivity index is 1.88. The Kier molecular flexibility index (Phi) is 4.27. The van der Waals surface area contributed by atoms with E-state index in [2.05, 4.69) is 15.1 Å². The van der Waals surface area contributed by atoms with Crippen molar-refractivity contribution in [1.82, 2.24) is 19.6 Å². The zero-order chi connectivity index (χ0) is 17.1. The first-order valence-corrected chi connectivity index (χ1v) is 6.61. The van der Waals surface area contributed by atoms with Crippen LogP contribution in [0.15, 0.2) is 30.6 Å². The number of fused-ring (bicyclic) bond motifs is 1. The number of ether oxygens (including phenoxy) is 2. The molecule has 0 aliphatic carbocycles. The molecular formula is C14H9F3N4O3. The molecule has 0 bridgehead atoms. The highest BCUT2D eigenvalue weighted by molar-refractivity contribution is 5.70. The Morgan fingerprint density at radius 1 is 1.33 bits per heavy atom. The molecule has 3 rings (SSSR count). The minimum absolute atomic E-state index is 0.00647. The van der Waals surface area contributed by atoms with Crippen LogP contribution in [0.25, 0.3) is 5.65 Å². The number of alkyl halides is 2. The van der Waals surface area contributed by atoms with E-state index in [1.807, 2.05) is 0 Å². The van der Waals surface area contributed by atoms with Crippen LogP contribution >= 0.6 is 0 Å². The lowest BCUT2D eigenvalue weighted by molar-refractivity contribution is 0.0802. The monoisotopic (exact) mass is 338 g/mol. The molecule has 10 heteroatoms. The molecule has 0 aromatic carbocycles. The third-order valence-electron chi connectivity index (χ3n) is 2.79. The molecule has 0 aliphatic heterocycles. The van der Waals surface area contributed by atoms with Gasteiger partial charge in [-0.05, 0) is 12.1 Å². The summed E-state index contributed by atoms with van der Waals surface area (Å²) >= 11 is 0. The zero-order valence-electron chi connectivity index (χ0n) is 11.9. The summed E-state index contributed by atoms with van der Waals surface area (Å²) in [7, 11) is 0. The lowest BCUT2D eigenvalue weighted by atomic mass is 10.4. The molecule has 24 heavy (non-hydrogen) atoms. The second kappa shape index (κ2) is 6.52. The minimum Gasteiger partial charge on any atom is -0.482 e. The normalized spacial score (nSPS) is 11.0. The van der Waals surface area contributed by atoms with Crippen molar-refractivity contribution >= 4 is 11.9 Å². The van der Waals surface area contributed by atoms with Crippen LogP contribution in [0.2, 0.25) is 0 Å². The molecular weight excluding hydrogens is 329 g/mol. The largest absolute Gasteiger partial charge is 0.482 e. The maximum absolute atomic E-state index is 13.2. The fourth-order valence-corrected chi connectivity index (χ4v) is 1.84. The van der Waals surface area contributed by atoms with Gasteiger partial charge in [-0.3, -0.25) is 4.79 Å². The van der Waals surface area contributed by atoms with E-state index in [4.69, 9.17) is 9.47 Å². The number of halogens is 3. The summed E-state index contributed by atoms with van der Waals surface area (Å²) < 4.78 is 49.3. The average molecular weight is 338 g/mol. The van der Waals surface area contributed by atoms with Gasteiger partial charge in [-0.2, -0.15) is 0 Å². The van der Waals surface area contributed by atoms with Crippen molar-refractivity contribution in [2.45, 2.75) is 6.43 Å². The molecule has 0 saturated heterocycles. The van der Waals surface area contributed by atoms with E-state index in [1.165, 1.54) is 22.8 Å². The van der Waals surface area contributed by atoms with Crippen LogP contribution in [-0.2, 0) is 0 Å². The maximum atomic E-state index is 13.2. The standard InChI is InChI=1S/C14H9F3N4O3/c15-8-3-10(23-7-11(16)17)14(18-4-8)24-9-1-2-13-19-12(6-22)20-21(13)5-9/h1-6,11H,7H2. The molecule has 3 aromatic heterocycles. The summed E-state index contributed by atoms with van der Waals surface area (Å²) in [6.45, 7) is -0.924. The Bertz CT molecular complexity index is 885. The van der Waals surface area contributed by atoms with Gasteiger partial charge in [0.05, 0.1) is 12.4 Å². The molecule has 3 heterocycles. The maximum Gasteiger partial charge on any atom is 0.272 e. The van der Waals surface area contributed by atoms with Crippen molar-refractivity contribution in [3.63, 3.8) is 0 Å². The lowest BCUT2D eigenvalue weighted by Crippen LogP contribution is -2.08. The van der Waals surface area contributed by atoms with E-state index < -0.39 is 18.8 Å². The number of hydrogen-bond acceptors (Lipinski definition) is 6. The highest BCUT2D eigenvalue weighted by Crippen LogP contribution is 2.30. The van der Waals surface area contributed by atoms with Gasteiger partial charge in [0.15, 0.2) is 17.7 Å². The molecule has 0 radical (unpaired) electrons. The molecule has 124 valence electrons. The van der Waals surface area contributed by atoms with Gasteiger partial charge in [0.25, 0.3) is 12.3 Å². The minimum atomic E-state index is -2.73. The topological polar surface area (TPSA) is 78.6 Å². The zero-order valence-corrected chi connectivity index (χ0v) is 11.9. The van der Waals surface area contributed by atoms with Crippen molar-refractivity contribution in [1.29, 1.82) is 0 Å². The number of pyridine rings is 2. The first-order chi connectivity index (χ1) is 11.5. The Morgan fingerprint density at radius 2 is 2.17 bits per heavy atom. The molecule has 0 amide bonds. The van der Waals surface area contributed by atoms with Crippen molar-refractivity contribution in [2.75, 3.05) is 6.61 Å². The molecule has 0 N–H and O–H groups in total. The molecule has 0 unspecified atom stereocenters. The smallest absolute Gasteiger partial charge is 0.272 e. The highest BCUT2D eigenvalue weighted by Gasteiger charge is 2.13. The number of carbonyl (C=O) groups excluding carboxylic acids is 1. The van der Waals surface area contributed by atoms with Crippen LogP contribution in [0, 0.1) is 5.82 Å². The predicted molar refractivity (Wildman–Crippen MR) is 74.1 cm³/mol. The van der Waals surface area contributed by atoms with Gasteiger partial charge in [-0.15, -0.1) is 5.10 Å². The van der Waals surface area contributed by atoms with Gasteiger partial charge in [0.1, 0.15) is 18.2 Å². The summed E-state index contributed by atoms with van der Waals surface area (Å²) in [5.41, 5.74) is 0.408. The highest BCUT2D eigenvalue weighted by atomic mass is 19.3. The van der Waals surface area contributed by atoms with Gasteiger partial charge in [-0.1, -0.05) is 0 Å². The van der Waals surface area contributed by atoms with Crippen LogP contribution in [0.3, 0.4) is 0 Å². The van der Waals surface area contributed by atoms with Crippen molar-refractivity contribution in [2.24, 2.45) is 0 Å². The SMILES string of the molecule is O=Cc1nc2ccc(Oc3ncc(F)cc3OCC(F)F)cn2n1. The molecule has 3 aromatic rings. The van der Waals surface area contributed by atoms with Crippen LogP contribution < -0.4 is 9.47 Å². The summed E-state index contributed by atoms with van der Waals surface area (Å²) in [5.74, 6) is -0.998. The third kappa shape index (κ3) is 3.42. The summed E-state index contributed by atoms with van der Waals surface area (Å²) in [6.07, 6.45) is 0.0282. The van der Waals surface area contributed by atoms with Gasteiger partial charge >= 0.3 is 0 Å². The predicted octanol–water partition coefficient (Wildman–Crippen LogP) is 2.51. The molecule has 0 aliphatic rings. The second-order valence-electron chi connectivity index (χ2n) is 4.52. The van der Waals surface area contributed by atoms with Crippen molar-refractivity contribution in [3.05, 3.63) is 42.2 Å². The van der Waals surface area contributed by atoms with E-state index in [0.29, 0.717) is 11.9 Å². The summed E-state index contributed by atoms with van der Waals surface area (Å²) in [6, 6.07) is 3.92. The first-order valence-electron chi connectivity index (χ1n) is 6.61. The van der Waals surface area contributed by atoms with Crippen LogP contribution in [0.4, 0.5) is 13.2 Å². The van der Waals surface area contributed by atoms with Crippen LogP contribution in [-0.4, -0.2) is 38.9 Å². The average Bonchev–Trinajstić information content (AvgIpc) is 2.97. The number of nitrogens with zero attached hydrogens (tertiary/aromatic N) is 4. The van der Waals surface area contributed by atoms with Crippen molar-refractivity contribution in [3.8, 4) is 17.4 Å². The van der Waals surface area contributed by atoms with Crippen molar-refractivity contribution < 1.29 is 27.4 Å². The molecule has 0 atom stereocenters. The van der Waals surface area contributed by atoms with Gasteiger partial charge in [0.2, 0.25) is 5.82 Å². The second-order valence-corrected chi connectivity index (χ2v) is 4.52. The molecule has 0 spiro atoms. The summed E-state index contributed by atoms with van der Waals surface area (Å²) in [5, 5.41) is 3.88. The molecule has 0 fully saturated rings. The van der Waals surface area contributed by atoms with Gasteiger partial charge in [-0.25, -0.2) is 27.7 Å². The van der Waals surface area contributed by atoms with Gasteiger partial charge in [0, 0.05) is 6.07 Å². The van der Waals surface area contributed by atoms with Crippen LogP contribution in [0.1, 0.15) is 10.6 Å². The number of aromatic nitrogens is 4.